The van der Waals surface area contributed by atoms with Crippen molar-refractivity contribution in [3.05, 3.63) is 53.6 Å². The topological polar surface area (TPSA) is 75.7 Å². The third-order valence-electron chi connectivity index (χ3n) is 4.70. The van der Waals surface area contributed by atoms with Crippen LogP contribution in [0.1, 0.15) is 42.1 Å². The summed E-state index contributed by atoms with van der Waals surface area (Å²) < 4.78 is 5.55. The fourth-order valence-corrected chi connectivity index (χ4v) is 3.21. The molecule has 3 rings (SSSR count). The first kappa shape index (κ1) is 19.6. The summed E-state index contributed by atoms with van der Waals surface area (Å²) in [7, 11) is 0. The van der Waals surface area contributed by atoms with Crippen molar-refractivity contribution in [2.24, 2.45) is 0 Å². The van der Waals surface area contributed by atoms with Crippen molar-refractivity contribution in [3.8, 4) is 5.75 Å². The zero-order chi connectivity index (χ0) is 20.1. The van der Waals surface area contributed by atoms with Crippen molar-refractivity contribution in [1.82, 2.24) is 0 Å². The molecule has 0 radical (unpaired) electrons. The number of nitrogens with zero attached hydrogens (tertiary/aromatic N) is 1. The maximum Gasteiger partial charge on any atom is 0.227 e. The van der Waals surface area contributed by atoms with Crippen molar-refractivity contribution >= 4 is 29.0 Å². The van der Waals surface area contributed by atoms with Crippen molar-refractivity contribution in [2.75, 3.05) is 23.4 Å². The number of Topliss-reactive ketones (excluding diaryl/α,β-unsaturated/α-hetero) is 1. The monoisotopic (exact) mass is 380 g/mol. The number of rotatable bonds is 7. The Balaban J connectivity index is 1.50. The number of hydrogen-bond acceptors (Lipinski definition) is 4. The quantitative estimate of drug-likeness (QED) is 0.743. The first-order chi connectivity index (χ1) is 13.4. The number of ether oxygens (including phenoxy) is 1. The Bertz CT molecular complexity index is 890. The summed E-state index contributed by atoms with van der Waals surface area (Å²) in [5.74, 6) is 0.618. The van der Waals surface area contributed by atoms with Gasteiger partial charge in [0.2, 0.25) is 11.8 Å². The summed E-state index contributed by atoms with van der Waals surface area (Å²) in [6.45, 7) is 4.43. The standard InChI is InChI=1S/C22H24N2O4/c1-15-14-18(7-10-20(15)24-12-3-4-22(24)27)23-21(26)11-13-28-19-8-5-17(6-9-19)16(2)25/h5-10,14H,3-4,11-13H2,1-2H3,(H,23,26). The fraction of sp³-hybridized carbons (Fsp3) is 0.318. The molecule has 0 aromatic heterocycles. The van der Waals surface area contributed by atoms with Gasteiger partial charge in [0.05, 0.1) is 13.0 Å². The molecule has 2 amide bonds. The summed E-state index contributed by atoms with van der Waals surface area (Å²) in [6.07, 6.45) is 1.68. The smallest absolute Gasteiger partial charge is 0.227 e. The zero-order valence-electron chi connectivity index (χ0n) is 16.2. The number of nitrogens with one attached hydrogen (secondary N) is 1. The summed E-state index contributed by atoms with van der Waals surface area (Å²) in [5, 5.41) is 2.86. The zero-order valence-corrected chi connectivity index (χ0v) is 16.2. The van der Waals surface area contributed by atoms with Gasteiger partial charge in [0, 0.05) is 29.9 Å². The number of amides is 2. The second-order valence-corrected chi connectivity index (χ2v) is 6.88. The lowest BCUT2D eigenvalue weighted by Gasteiger charge is -2.19. The van der Waals surface area contributed by atoms with Gasteiger partial charge in [0.1, 0.15) is 5.75 Å². The van der Waals surface area contributed by atoms with Crippen molar-refractivity contribution < 1.29 is 19.1 Å². The SMILES string of the molecule is CC(=O)c1ccc(OCCC(=O)Nc2ccc(N3CCCC3=O)c(C)c2)cc1. The maximum atomic E-state index is 12.2. The van der Waals surface area contributed by atoms with Crippen LogP contribution >= 0.6 is 0 Å². The van der Waals surface area contributed by atoms with E-state index in [1.165, 1.54) is 6.92 Å². The highest BCUT2D eigenvalue weighted by Gasteiger charge is 2.23. The van der Waals surface area contributed by atoms with Gasteiger partial charge in [-0.05, 0) is 68.3 Å². The highest BCUT2D eigenvalue weighted by molar-refractivity contribution is 5.97. The Morgan fingerprint density at radius 3 is 2.50 bits per heavy atom. The third kappa shape index (κ3) is 4.76. The molecule has 0 atom stereocenters. The molecule has 0 bridgehead atoms. The molecule has 146 valence electrons. The normalized spacial score (nSPS) is 13.5. The van der Waals surface area contributed by atoms with Crippen LogP contribution in [0.15, 0.2) is 42.5 Å². The number of carbonyl (C=O) groups is 3. The molecule has 1 saturated heterocycles. The van der Waals surface area contributed by atoms with Gasteiger partial charge in [-0.2, -0.15) is 0 Å². The molecule has 0 saturated carbocycles. The number of hydrogen-bond donors (Lipinski definition) is 1. The molecule has 6 nitrogen and oxygen atoms in total. The maximum absolute atomic E-state index is 12.2. The predicted octanol–water partition coefficient (Wildman–Crippen LogP) is 3.73. The number of benzene rings is 2. The average molecular weight is 380 g/mol. The van der Waals surface area contributed by atoms with Crippen LogP contribution < -0.4 is 15.0 Å². The molecule has 1 fully saturated rings. The minimum absolute atomic E-state index is 0.00124. The van der Waals surface area contributed by atoms with Gasteiger partial charge in [0.15, 0.2) is 5.78 Å². The molecule has 2 aromatic carbocycles. The first-order valence-electron chi connectivity index (χ1n) is 9.39. The van der Waals surface area contributed by atoms with Crippen molar-refractivity contribution in [1.29, 1.82) is 0 Å². The molecule has 1 aliphatic heterocycles. The van der Waals surface area contributed by atoms with E-state index in [-0.39, 0.29) is 30.6 Å². The van der Waals surface area contributed by atoms with E-state index in [4.69, 9.17) is 4.74 Å². The van der Waals surface area contributed by atoms with Crippen LogP contribution in [-0.4, -0.2) is 30.7 Å². The minimum Gasteiger partial charge on any atom is -0.493 e. The lowest BCUT2D eigenvalue weighted by Crippen LogP contribution is -2.24. The summed E-state index contributed by atoms with van der Waals surface area (Å²) in [5.41, 5.74) is 3.18. The molecule has 28 heavy (non-hydrogen) atoms. The van der Waals surface area contributed by atoms with E-state index >= 15 is 0 Å². The molecule has 0 aliphatic carbocycles. The highest BCUT2D eigenvalue weighted by Crippen LogP contribution is 2.27. The second-order valence-electron chi connectivity index (χ2n) is 6.88. The van der Waals surface area contributed by atoms with E-state index in [1.54, 1.807) is 29.2 Å². The number of carbonyl (C=O) groups excluding carboxylic acids is 3. The van der Waals surface area contributed by atoms with E-state index in [0.717, 1.165) is 24.2 Å². The Morgan fingerprint density at radius 1 is 1.14 bits per heavy atom. The number of ketones is 1. The molecular formula is C22H24N2O4. The highest BCUT2D eigenvalue weighted by atomic mass is 16.5. The van der Waals surface area contributed by atoms with E-state index in [2.05, 4.69) is 5.32 Å². The first-order valence-corrected chi connectivity index (χ1v) is 9.39. The Labute approximate surface area is 164 Å². The van der Waals surface area contributed by atoms with Gasteiger partial charge in [0.25, 0.3) is 0 Å². The van der Waals surface area contributed by atoms with E-state index < -0.39 is 0 Å². The third-order valence-corrected chi connectivity index (χ3v) is 4.70. The fourth-order valence-electron chi connectivity index (χ4n) is 3.21. The van der Waals surface area contributed by atoms with Crippen LogP contribution in [0.25, 0.3) is 0 Å². The minimum atomic E-state index is -0.148. The van der Waals surface area contributed by atoms with Gasteiger partial charge in [-0.3, -0.25) is 14.4 Å². The molecule has 0 spiro atoms. The Kier molecular flexibility index (Phi) is 6.09. The van der Waals surface area contributed by atoms with Crippen LogP contribution in [-0.2, 0) is 9.59 Å². The summed E-state index contributed by atoms with van der Waals surface area (Å²) >= 11 is 0. The Morgan fingerprint density at radius 2 is 1.89 bits per heavy atom. The van der Waals surface area contributed by atoms with Gasteiger partial charge < -0.3 is 15.0 Å². The van der Waals surface area contributed by atoms with Crippen LogP contribution in [0.5, 0.6) is 5.75 Å². The van der Waals surface area contributed by atoms with Gasteiger partial charge in [-0.25, -0.2) is 0 Å². The molecule has 1 heterocycles. The molecule has 1 aliphatic rings. The van der Waals surface area contributed by atoms with Crippen LogP contribution in [0.3, 0.4) is 0 Å². The van der Waals surface area contributed by atoms with Crippen molar-refractivity contribution in [2.45, 2.75) is 33.1 Å². The lowest BCUT2D eigenvalue weighted by molar-refractivity contribution is -0.117. The molecule has 0 unspecified atom stereocenters. The Hall–Kier alpha value is -3.15. The largest absolute Gasteiger partial charge is 0.493 e. The van der Waals surface area contributed by atoms with Crippen LogP contribution in [0.2, 0.25) is 0 Å². The van der Waals surface area contributed by atoms with Gasteiger partial charge >= 0.3 is 0 Å². The van der Waals surface area contributed by atoms with Gasteiger partial charge in [-0.1, -0.05) is 0 Å². The van der Waals surface area contributed by atoms with E-state index in [1.807, 2.05) is 25.1 Å². The van der Waals surface area contributed by atoms with E-state index in [9.17, 15) is 14.4 Å². The molecule has 2 aromatic rings. The molecule has 6 heteroatoms. The van der Waals surface area contributed by atoms with Gasteiger partial charge in [-0.15, -0.1) is 0 Å². The van der Waals surface area contributed by atoms with E-state index in [0.29, 0.717) is 23.4 Å². The molecular weight excluding hydrogens is 356 g/mol. The second kappa shape index (κ2) is 8.69. The molecule has 1 N–H and O–H groups in total. The lowest BCUT2D eigenvalue weighted by atomic mass is 10.1. The summed E-state index contributed by atoms with van der Waals surface area (Å²) in [6, 6.07) is 12.4. The number of anilines is 2. The van der Waals surface area contributed by atoms with Crippen molar-refractivity contribution in [3.63, 3.8) is 0 Å². The predicted molar refractivity (Wildman–Crippen MR) is 108 cm³/mol. The summed E-state index contributed by atoms with van der Waals surface area (Å²) in [4.78, 5) is 37.1. The number of aryl methyl sites for hydroxylation is 1. The van der Waals surface area contributed by atoms with Crippen LogP contribution in [0.4, 0.5) is 11.4 Å². The van der Waals surface area contributed by atoms with Crippen LogP contribution in [0, 0.1) is 6.92 Å². The average Bonchev–Trinajstić information content (AvgIpc) is 3.08.